The third kappa shape index (κ3) is 1.71. The van der Waals surface area contributed by atoms with E-state index in [1.165, 1.54) is 6.92 Å². The molecule has 98 valence electrons. The largest absolute Gasteiger partial charge is 0.514 e. The SMILES string of the molecule is CC(C)(C)[N@@+]1(C(=O)O)CCNCC1(C)C(=O)O. The lowest BCUT2D eigenvalue weighted by molar-refractivity contribution is -0.942. The molecule has 0 bridgehead atoms. The molecule has 0 aromatic heterocycles. The Bertz CT molecular complexity index is 350. The fourth-order valence-electron chi connectivity index (χ4n) is 2.87. The zero-order chi connectivity index (χ0) is 13.5. The van der Waals surface area contributed by atoms with Crippen LogP contribution in [-0.2, 0) is 4.79 Å². The van der Waals surface area contributed by atoms with Crippen LogP contribution in [0.15, 0.2) is 0 Å². The summed E-state index contributed by atoms with van der Waals surface area (Å²) in [5.74, 6) is -1.08. The van der Waals surface area contributed by atoms with Crippen LogP contribution in [0.25, 0.3) is 0 Å². The lowest BCUT2D eigenvalue weighted by Crippen LogP contribution is -2.81. The quantitative estimate of drug-likeness (QED) is 0.593. The third-order valence-electron chi connectivity index (χ3n) is 3.87. The second-order valence-corrected chi connectivity index (χ2v) is 5.74. The molecule has 3 N–H and O–H groups in total. The Balaban J connectivity index is 3.45. The number of aliphatic carboxylic acids is 1. The first kappa shape index (κ1) is 13.9. The summed E-state index contributed by atoms with van der Waals surface area (Å²) in [6.07, 6.45) is -1.08. The van der Waals surface area contributed by atoms with Gasteiger partial charge in [-0.1, -0.05) is 0 Å². The molecule has 1 saturated heterocycles. The monoisotopic (exact) mass is 245 g/mol. The molecule has 17 heavy (non-hydrogen) atoms. The van der Waals surface area contributed by atoms with Crippen molar-refractivity contribution in [2.45, 2.75) is 38.8 Å². The summed E-state index contributed by atoms with van der Waals surface area (Å²) >= 11 is 0. The summed E-state index contributed by atoms with van der Waals surface area (Å²) in [7, 11) is 0. The van der Waals surface area contributed by atoms with Crippen molar-refractivity contribution in [1.82, 2.24) is 5.32 Å². The highest BCUT2D eigenvalue weighted by atomic mass is 16.4. The Morgan fingerprint density at radius 1 is 1.29 bits per heavy atom. The van der Waals surface area contributed by atoms with Crippen LogP contribution in [0.2, 0.25) is 0 Å². The van der Waals surface area contributed by atoms with E-state index in [-0.39, 0.29) is 13.1 Å². The van der Waals surface area contributed by atoms with Gasteiger partial charge >= 0.3 is 12.1 Å². The second kappa shape index (κ2) is 3.96. The van der Waals surface area contributed by atoms with Crippen molar-refractivity contribution in [3.63, 3.8) is 0 Å². The van der Waals surface area contributed by atoms with Gasteiger partial charge in [0, 0.05) is 13.5 Å². The first-order valence-corrected chi connectivity index (χ1v) is 5.65. The average molecular weight is 245 g/mol. The molecule has 1 rings (SSSR count). The summed E-state index contributed by atoms with van der Waals surface area (Å²) in [6.45, 7) is 7.75. The molecule has 0 spiro atoms. The minimum Gasteiger partial charge on any atom is -0.477 e. The van der Waals surface area contributed by atoms with Crippen molar-refractivity contribution < 1.29 is 24.3 Å². The lowest BCUT2D eigenvalue weighted by Gasteiger charge is -2.54. The van der Waals surface area contributed by atoms with Crippen molar-refractivity contribution in [2.75, 3.05) is 19.6 Å². The molecule has 1 heterocycles. The fourth-order valence-corrected chi connectivity index (χ4v) is 2.87. The fraction of sp³-hybridized carbons (Fsp3) is 0.818. The third-order valence-corrected chi connectivity index (χ3v) is 3.87. The average Bonchev–Trinajstić information content (AvgIpc) is 2.15. The molecular formula is C11H21N2O4+. The maximum absolute atomic E-state index is 11.7. The number of hydrogen-bond acceptors (Lipinski definition) is 3. The summed E-state index contributed by atoms with van der Waals surface area (Å²) in [6, 6.07) is 0. The number of carboxylic acids is 1. The van der Waals surface area contributed by atoms with Gasteiger partial charge in [-0.2, -0.15) is 4.79 Å². The predicted molar refractivity (Wildman–Crippen MR) is 61.8 cm³/mol. The van der Waals surface area contributed by atoms with Crippen LogP contribution in [0.5, 0.6) is 0 Å². The zero-order valence-corrected chi connectivity index (χ0v) is 10.8. The molecule has 1 fully saturated rings. The number of hydrogen-bond donors (Lipinski definition) is 3. The lowest BCUT2D eigenvalue weighted by atomic mass is 9.86. The van der Waals surface area contributed by atoms with E-state index in [2.05, 4.69) is 5.32 Å². The topological polar surface area (TPSA) is 86.6 Å². The van der Waals surface area contributed by atoms with Crippen molar-refractivity contribution in [1.29, 1.82) is 0 Å². The molecule has 1 aliphatic heterocycles. The zero-order valence-electron chi connectivity index (χ0n) is 10.8. The Morgan fingerprint density at radius 3 is 2.12 bits per heavy atom. The van der Waals surface area contributed by atoms with E-state index in [4.69, 9.17) is 0 Å². The van der Waals surface area contributed by atoms with E-state index in [9.17, 15) is 19.8 Å². The Hall–Kier alpha value is -1.14. The molecule has 1 aliphatic rings. The van der Waals surface area contributed by atoms with Crippen molar-refractivity contribution in [3.8, 4) is 0 Å². The van der Waals surface area contributed by atoms with Gasteiger partial charge in [-0.3, -0.25) is 0 Å². The predicted octanol–water partition coefficient (Wildman–Crippen LogP) is 0.726. The first-order chi connectivity index (χ1) is 7.59. The van der Waals surface area contributed by atoms with Gasteiger partial charge in [0.25, 0.3) is 0 Å². The normalized spacial score (nSPS) is 34.4. The maximum atomic E-state index is 11.7. The Morgan fingerprint density at radius 2 is 1.82 bits per heavy atom. The van der Waals surface area contributed by atoms with Crippen LogP contribution in [-0.4, -0.2) is 57.5 Å². The van der Waals surface area contributed by atoms with Gasteiger partial charge in [0.15, 0.2) is 0 Å². The van der Waals surface area contributed by atoms with Gasteiger partial charge in [-0.15, -0.1) is 0 Å². The highest BCUT2D eigenvalue weighted by Gasteiger charge is 2.65. The molecule has 0 aromatic carbocycles. The van der Waals surface area contributed by atoms with Gasteiger partial charge in [-0.05, 0) is 20.8 Å². The van der Waals surface area contributed by atoms with E-state index in [0.29, 0.717) is 6.54 Å². The second-order valence-electron chi connectivity index (χ2n) is 5.74. The van der Waals surface area contributed by atoms with Gasteiger partial charge in [0.2, 0.25) is 5.54 Å². The summed E-state index contributed by atoms with van der Waals surface area (Å²) in [5.41, 5.74) is -2.04. The smallest absolute Gasteiger partial charge is 0.477 e. The van der Waals surface area contributed by atoms with Gasteiger partial charge < -0.3 is 15.5 Å². The molecule has 2 atom stereocenters. The highest BCUT2D eigenvalue weighted by Crippen LogP contribution is 2.37. The number of amides is 1. The van der Waals surface area contributed by atoms with Crippen LogP contribution in [0.4, 0.5) is 4.79 Å². The summed E-state index contributed by atoms with van der Waals surface area (Å²) < 4.78 is -0.456. The molecule has 0 aromatic rings. The molecule has 0 aliphatic carbocycles. The minimum absolute atomic E-state index is 0.159. The molecule has 1 unspecified atom stereocenters. The van der Waals surface area contributed by atoms with Gasteiger partial charge in [0.05, 0.1) is 6.54 Å². The number of nitrogens with zero attached hydrogens (tertiary/aromatic N) is 1. The number of nitrogens with one attached hydrogen (secondary N) is 1. The van der Waals surface area contributed by atoms with Crippen LogP contribution in [0.1, 0.15) is 27.7 Å². The number of piperazine rings is 1. The van der Waals surface area contributed by atoms with Gasteiger partial charge in [-0.25, -0.2) is 9.28 Å². The number of carbonyl (C=O) groups is 2. The van der Waals surface area contributed by atoms with E-state index < -0.39 is 27.6 Å². The van der Waals surface area contributed by atoms with E-state index in [1.807, 2.05) is 0 Å². The number of carboxylic acid groups (broad SMARTS) is 2. The van der Waals surface area contributed by atoms with E-state index in [1.54, 1.807) is 20.8 Å². The highest BCUT2D eigenvalue weighted by molar-refractivity contribution is 5.80. The maximum Gasteiger partial charge on any atom is 0.514 e. The number of quaternary nitrogens is 1. The Kier molecular flexibility index (Phi) is 3.24. The molecular weight excluding hydrogens is 224 g/mol. The van der Waals surface area contributed by atoms with Crippen LogP contribution < -0.4 is 5.32 Å². The number of rotatable bonds is 1. The van der Waals surface area contributed by atoms with Crippen molar-refractivity contribution in [2.24, 2.45) is 0 Å². The van der Waals surface area contributed by atoms with Crippen molar-refractivity contribution >= 4 is 12.1 Å². The van der Waals surface area contributed by atoms with Gasteiger partial charge in [0.1, 0.15) is 12.1 Å². The standard InChI is InChI=1S/C11H20N2O4/c1-10(2,3)13(9(16)17)6-5-12-7-11(13,4)8(14)15/h12H,5-7H2,1-4H3,(H-,14,15,16,17)/p+1/t11?,13-/m0/s1. The van der Waals surface area contributed by atoms with Crippen molar-refractivity contribution in [3.05, 3.63) is 0 Å². The summed E-state index contributed by atoms with van der Waals surface area (Å²) in [4.78, 5) is 23.2. The molecule has 6 nitrogen and oxygen atoms in total. The van der Waals surface area contributed by atoms with Crippen LogP contribution in [0, 0.1) is 0 Å². The molecule has 1 amide bonds. The van der Waals surface area contributed by atoms with Crippen LogP contribution in [0.3, 0.4) is 0 Å². The molecule has 0 saturated carbocycles. The first-order valence-electron chi connectivity index (χ1n) is 5.65. The summed E-state index contributed by atoms with van der Waals surface area (Å²) in [5, 5.41) is 22.0. The Labute approximate surface area is 101 Å². The van der Waals surface area contributed by atoms with Crippen LogP contribution >= 0.6 is 0 Å². The molecule has 0 radical (unpaired) electrons. The molecule has 6 heteroatoms. The minimum atomic E-state index is -1.36. The van der Waals surface area contributed by atoms with E-state index in [0.717, 1.165) is 0 Å². The van der Waals surface area contributed by atoms with E-state index >= 15 is 0 Å².